The summed E-state index contributed by atoms with van der Waals surface area (Å²) in [6.07, 6.45) is -4.49. The van der Waals surface area contributed by atoms with E-state index >= 15 is 0 Å². The summed E-state index contributed by atoms with van der Waals surface area (Å²) in [5.41, 5.74) is -4.63. The summed E-state index contributed by atoms with van der Waals surface area (Å²) in [5.74, 6) is -3.26. The van der Waals surface area contributed by atoms with Gasteiger partial charge in [-0.25, -0.2) is 18.9 Å². The maximum Gasteiger partial charge on any atom is 0.437 e. The van der Waals surface area contributed by atoms with Crippen LogP contribution < -0.4 is 15.9 Å². The molecule has 4 rings (SSSR count). The van der Waals surface area contributed by atoms with Crippen LogP contribution in [0.25, 0.3) is 11.1 Å². The molecule has 0 bridgehead atoms. The predicted molar refractivity (Wildman–Crippen MR) is 119 cm³/mol. The summed E-state index contributed by atoms with van der Waals surface area (Å²) < 4.78 is 74.5. The van der Waals surface area contributed by atoms with Crippen LogP contribution >= 0.6 is 11.6 Å². The quantitative estimate of drug-likeness (QED) is 0.372. The predicted octanol–water partition coefficient (Wildman–Crippen LogP) is 4.66. The van der Waals surface area contributed by atoms with Gasteiger partial charge < -0.3 is 4.74 Å². The first-order valence-electron chi connectivity index (χ1n) is 10.1. The molecule has 0 spiro atoms. The molecule has 0 aliphatic carbocycles. The number of benzene rings is 2. The third kappa shape index (κ3) is 5.49. The highest BCUT2D eigenvalue weighted by Crippen LogP contribution is 2.35. The Hall–Kier alpha value is -4.57. The number of alkyl halides is 3. The van der Waals surface area contributed by atoms with Crippen molar-refractivity contribution in [2.45, 2.75) is 12.7 Å². The fourth-order valence-corrected chi connectivity index (χ4v) is 3.51. The number of nitrogens with zero attached hydrogens (tertiary/aromatic N) is 4. The third-order valence-corrected chi connectivity index (χ3v) is 5.11. The lowest BCUT2D eigenvalue weighted by molar-refractivity contribution is -0.142. The molecule has 2 aromatic heterocycles. The van der Waals surface area contributed by atoms with Gasteiger partial charge in [-0.1, -0.05) is 11.6 Å². The van der Waals surface area contributed by atoms with Crippen molar-refractivity contribution in [2.75, 3.05) is 0 Å². The number of halogens is 6. The second kappa shape index (κ2) is 9.82. The van der Waals surface area contributed by atoms with E-state index in [2.05, 4.69) is 15.2 Å². The van der Waals surface area contributed by atoms with Crippen LogP contribution in [0.2, 0.25) is 5.02 Å². The number of hydrogen-bond donors (Lipinski definition) is 1. The molecule has 0 radical (unpaired) electrons. The molecular weight excluding hydrogens is 525 g/mol. The highest BCUT2D eigenvalue weighted by Gasteiger charge is 2.38. The Bertz CT molecular complexity index is 1680. The minimum atomic E-state index is -5.08. The summed E-state index contributed by atoms with van der Waals surface area (Å²) in [4.78, 5) is 28.5. The Kier molecular flexibility index (Phi) is 6.78. The molecule has 2 heterocycles. The molecule has 188 valence electrons. The van der Waals surface area contributed by atoms with Crippen LogP contribution in [0.3, 0.4) is 0 Å². The Morgan fingerprint density at radius 2 is 1.84 bits per heavy atom. The monoisotopic (exact) mass is 535 g/mol. The van der Waals surface area contributed by atoms with Gasteiger partial charge in [0.15, 0.2) is 5.69 Å². The summed E-state index contributed by atoms with van der Waals surface area (Å²) >= 11 is 5.86. The zero-order chi connectivity index (χ0) is 26.9. The smallest absolute Gasteiger partial charge is 0.437 e. The summed E-state index contributed by atoms with van der Waals surface area (Å²) in [5, 5.41) is 14.8. The van der Waals surface area contributed by atoms with E-state index in [0.29, 0.717) is 10.9 Å². The third-order valence-electron chi connectivity index (χ3n) is 4.89. The lowest BCUT2D eigenvalue weighted by Crippen LogP contribution is -2.27. The van der Waals surface area contributed by atoms with E-state index in [-0.39, 0.29) is 33.2 Å². The maximum absolute atomic E-state index is 14.2. The van der Waals surface area contributed by atoms with E-state index < -0.39 is 46.9 Å². The summed E-state index contributed by atoms with van der Waals surface area (Å²) in [6, 6.07) is 8.66. The lowest BCUT2D eigenvalue weighted by Gasteiger charge is -2.15. The Balaban J connectivity index is 1.78. The van der Waals surface area contributed by atoms with Crippen LogP contribution in [0.5, 0.6) is 11.5 Å². The molecule has 4 aromatic rings. The Morgan fingerprint density at radius 3 is 2.54 bits per heavy atom. The molecule has 0 unspecified atom stereocenters. The van der Waals surface area contributed by atoms with E-state index in [0.717, 1.165) is 36.4 Å². The van der Waals surface area contributed by atoms with Gasteiger partial charge in [0.05, 0.1) is 35.8 Å². The fraction of sp³-hybridized carbons (Fsp3) is 0.0870. The highest BCUT2D eigenvalue weighted by molar-refractivity contribution is 6.30. The molecule has 1 N–H and O–H groups in total. The molecule has 0 amide bonds. The van der Waals surface area contributed by atoms with Crippen molar-refractivity contribution in [3.8, 4) is 28.7 Å². The van der Waals surface area contributed by atoms with Gasteiger partial charge in [-0.2, -0.15) is 23.5 Å². The van der Waals surface area contributed by atoms with Gasteiger partial charge in [-0.3, -0.25) is 14.2 Å². The average molecular weight is 536 g/mol. The Labute approximate surface area is 208 Å². The first-order chi connectivity index (χ1) is 17.5. The van der Waals surface area contributed by atoms with Crippen molar-refractivity contribution in [3.05, 3.63) is 103 Å². The number of aromatic amines is 1. The minimum absolute atomic E-state index is 0.0265. The average Bonchev–Trinajstić information content (AvgIpc) is 2.83. The molecule has 8 nitrogen and oxygen atoms in total. The van der Waals surface area contributed by atoms with Gasteiger partial charge in [0.1, 0.15) is 17.4 Å². The van der Waals surface area contributed by atoms with Gasteiger partial charge in [0.25, 0.3) is 11.1 Å². The first-order valence-corrected chi connectivity index (χ1v) is 10.4. The standard InChI is InChI=1S/C23H11ClF5N5O3/c24-12-3-11(8-30)4-15(5-12)37-19-20(23(27,28)29)31-10-34(22(19)36)9-14-7-17(21(35)33-32-14)16-6-13(25)1-2-18(16)26/h1-7,10H,9H2,(H,33,35). The molecule has 0 aliphatic heterocycles. The molecule has 0 saturated heterocycles. The molecule has 37 heavy (non-hydrogen) atoms. The Morgan fingerprint density at radius 1 is 1.08 bits per heavy atom. The van der Waals surface area contributed by atoms with E-state index in [4.69, 9.17) is 21.6 Å². The van der Waals surface area contributed by atoms with Crippen LogP contribution in [0.15, 0.2) is 58.4 Å². The van der Waals surface area contributed by atoms with Crippen LogP contribution in [0.1, 0.15) is 17.0 Å². The number of hydrogen-bond acceptors (Lipinski definition) is 6. The SMILES string of the molecule is N#Cc1cc(Cl)cc(Oc2c(C(F)(F)F)ncn(Cc3cc(-c4cc(F)ccc4F)c(=O)[nH]n3)c2=O)c1. The van der Waals surface area contributed by atoms with Gasteiger partial charge >= 0.3 is 6.18 Å². The van der Waals surface area contributed by atoms with Crippen molar-refractivity contribution >= 4 is 11.6 Å². The van der Waals surface area contributed by atoms with E-state index in [1.54, 1.807) is 6.07 Å². The molecular formula is C23H11ClF5N5O3. The van der Waals surface area contributed by atoms with Crippen molar-refractivity contribution in [2.24, 2.45) is 0 Å². The lowest BCUT2D eigenvalue weighted by atomic mass is 10.1. The number of ether oxygens (including phenoxy) is 1. The first kappa shape index (κ1) is 25.5. The van der Waals surface area contributed by atoms with Crippen LogP contribution in [-0.4, -0.2) is 19.7 Å². The molecule has 0 aliphatic rings. The van der Waals surface area contributed by atoms with E-state index in [1.165, 1.54) is 6.07 Å². The number of nitriles is 1. The topological polar surface area (TPSA) is 114 Å². The van der Waals surface area contributed by atoms with Crippen LogP contribution in [0.4, 0.5) is 22.0 Å². The van der Waals surface area contributed by atoms with E-state index in [9.17, 15) is 31.5 Å². The zero-order valence-corrected chi connectivity index (χ0v) is 18.9. The molecule has 0 saturated carbocycles. The number of nitrogens with one attached hydrogen (secondary N) is 1. The van der Waals surface area contributed by atoms with Gasteiger partial charge in [-0.05, 0) is 42.5 Å². The number of rotatable bonds is 5. The molecule has 14 heteroatoms. The molecule has 2 aromatic carbocycles. The maximum atomic E-state index is 14.2. The normalized spacial score (nSPS) is 11.3. The second-order valence-corrected chi connectivity index (χ2v) is 7.91. The van der Waals surface area contributed by atoms with Crippen LogP contribution in [-0.2, 0) is 12.7 Å². The highest BCUT2D eigenvalue weighted by atomic mass is 35.5. The second-order valence-electron chi connectivity index (χ2n) is 7.47. The van der Waals surface area contributed by atoms with Gasteiger partial charge in [0.2, 0.25) is 5.75 Å². The van der Waals surface area contributed by atoms with Crippen molar-refractivity contribution < 1.29 is 26.7 Å². The van der Waals surface area contributed by atoms with Crippen molar-refractivity contribution in [3.63, 3.8) is 0 Å². The van der Waals surface area contributed by atoms with Gasteiger partial charge in [0, 0.05) is 10.6 Å². The molecule has 0 atom stereocenters. The van der Waals surface area contributed by atoms with Crippen molar-refractivity contribution in [1.82, 2.24) is 19.7 Å². The fourth-order valence-electron chi connectivity index (χ4n) is 3.29. The molecule has 0 fully saturated rings. The number of H-pyrrole nitrogens is 1. The van der Waals surface area contributed by atoms with Crippen molar-refractivity contribution in [1.29, 1.82) is 5.26 Å². The summed E-state index contributed by atoms with van der Waals surface area (Å²) in [6.45, 7) is -0.528. The summed E-state index contributed by atoms with van der Waals surface area (Å²) in [7, 11) is 0. The largest absolute Gasteiger partial charge is 0.449 e. The van der Waals surface area contributed by atoms with E-state index in [1.807, 2.05) is 0 Å². The van der Waals surface area contributed by atoms with Gasteiger partial charge in [-0.15, -0.1) is 0 Å². The minimum Gasteiger partial charge on any atom is -0.449 e. The zero-order valence-electron chi connectivity index (χ0n) is 18.1. The number of aromatic nitrogens is 4. The van der Waals surface area contributed by atoms with Crippen LogP contribution in [0, 0.1) is 23.0 Å².